The van der Waals surface area contributed by atoms with E-state index in [0.29, 0.717) is 0 Å². The maximum absolute atomic E-state index is 12.3. The number of carbonyl (C=O) groups is 2. The van der Waals surface area contributed by atoms with Crippen LogP contribution in [0.15, 0.2) is 65.4 Å². The van der Waals surface area contributed by atoms with E-state index in [2.05, 4.69) is 5.32 Å². The van der Waals surface area contributed by atoms with Crippen LogP contribution in [0.5, 0.6) is 0 Å². The van der Waals surface area contributed by atoms with Crippen molar-refractivity contribution in [1.82, 2.24) is 5.32 Å². The Labute approximate surface area is 166 Å². The number of rotatable bonds is 7. The van der Waals surface area contributed by atoms with Crippen LogP contribution in [0.1, 0.15) is 26.9 Å². The monoisotopic (exact) mass is 397 g/mol. The van der Waals surface area contributed by atoms with E-state index < -0.39 is 5.97 Å². The van der Waals surface area contributed by atoms with E-state index in [1.807, 2.05) is 66.2 Å². The zero-order valence-electron chi connectivity index (χ0n) is 14.8. The summed E-state index contributed by atoms with van der Waals surface area (Å²) in [5.74, 6) is -0.878. The van der Waals surface area contributed by atoms with Crippen LogP contribution in [0.4, 0.5) is 0 Å². The van der Waals surface area contributed by atoms with Gasteiger partial charge >= 0.3 is 5.97 Å². The first-order valence-electron chi connectivity index (χ1n) is 8.40. The molecule has 0 aliphatic rings. The SMILES string of the molecule is Cc1ccsc1/C=C/C(=O)OCC(=O)N[C@@H](c1ccccc1)c1cccs1. The normalized spacial score (nSPS) is 12.0. The summed E-state index contributed by atoms with van der Waals surface area (Å²) in [7, 11) is 0. The van der Waals surface area contributed by atoms with Crippen LogP contribution in [0.3, 0.4) is 0 Å². The fraction of sp³-hybridized carbons (Fsp3) is 0.143. The zero-order valence-corrected chi connectivity index (χ0v) is 16.4. The van der Waals surface area contributed by atoms with Crippen LogP contribution in [0.25, 0.3) is 6.08 Å². The van der Waals surface area contributed by atoms with Crippen molar-refractivity contribution in [1.29, 1.82) is 0 Å². The molecule has 0 fully saturated rings. The van der Waals surface area contributed by atoms with Crippen molar-refractivity contribution in [2.75, 3.05) is 6.61 Å². The van der Waals surface area contributed by atoms with Gasteiger partial charge in [0.05, 0.1) is 6.04 Å². The van der Waals surface area contributed by atoms with Gasteiger partial charge in [0.2, 0.25) is 0 Å². The molecule has 27 heavy (non-hydrogen) atoms. The maximum atomic E-state index is 12.3. The van der Waals surface area contributed by atoms with Crippen LogP contribution >= 0.6 is 22.7 Å². The topological polar surface area (TPSA) is 55.4 Å². The van der Waals surface area contributed by atoms with Crippen molar-refractivity contribution in [2.45, 2.75) is 13.0 Å². The van der Waals surface area contributed by atoms with Gasteiger partial charge in [-0.3, -0.25) is 4.79 Å². The van der Waals surface area contributed by atoms with Gasteiger partial charge in [0.15, 0.2) is 6.61 Å². The summed E-state index contributed by atoms with van der Waals surface area (Å²) < 4.78 is 5.07. The molecular weight excluding hydrogens is 378 g/mol. The molecule has 1 atom stereocenters. The molecule has 0 aliphatic heterocycles. The minimum absolute atomic E-state index is 0.262. The van der Waals surface area contributed by atoms with E-state index >= 15 is 0 Å². The van der Waals surface area contributed by atoms with Crippen molar-refractivity contribution in [2.24, 2.45) is 0 Å². The number of carbonyl (C=O) groups excluding carboxylic acids is 2. The van der Waals surface area contributed by atoms with E-state index in [-0.39, 0.29) is 18.6 Å². The van der Waals surface area contributed by atoms with E-state index in [4.69, 9.17) is 4.74 Å². The number of aryl methyl sites for hydroxylation is 1. The van der Waals surface area contributed by atoms with Gasteiger partial charge < -0.3 is 10.1 Å². The lowest BCUT2D eigenvalue weighted by Crippen LogP contribution is -2.32. The summed E-state index contributed by atoms with van der Waals surface area (Å²) in [6, 6.07) is 15.4. The molecule has 1 amide bonds. The lowest BCUT2D eigenvalue weighted by atomic mass is 10.1. The fourth-order valence-electron chi connectivity index (χ4n) is 2.51. The van der Waals surface area contributed by atoms with Gasteiger partial charge in [0.1, 0.15) is 0 Å². The number of thiophene rings is 2. The summed E-state index contributed by atoms with van der Waals surface area (Å²) in [5.41, 5.74) is 2.08. The molecule has 1 N–H and O–H groups in total. The molecule has 0 saturated heterocycles. The van der Waals surface area contributed by atoms with Crippen molar-refractivity contribution >= 4 is 40.6 Å². The molecule has 0 spiro atoms. The van der Waals surface area contributed by atoms with Gasteiger partial charge in [-0.05, 0) is 47.0 Å². The Morgan fingerprint density at radius 1 is 1.07 bits per heavy atom. The predicted octanol–water partition coefficient (Wildman–Crippen LogP) is 4.58. The van der Waals surface area contributed by atoms with Gasteiger partial charge in [0, 0.05) is 15.8 Å². The van der Waals surface area contributed by atoms with E-state index in [1.165, 1.54) is 6.08 Å². The highest BCUT2D eigenvalue weighted by atomic mass is 32.1. The first-order chi connectivity index (χ1) is 13.1. The molecule has 2 heterocycles. The smallest absolute Gasteiger partial charge is 0.331 e. The highest BCUT2D eigenvalue weighted by Gasteiger charge is 2.18. The first kappa shape index (κ1) is 19.1. The van der Waals surface area contributed by atoms with Gasteiger partial charge in [-0.1, -0.05) is 36.4 Å². The Hall–Kier alpha value is -2.70. The number of benzene rings is 1. The molecular formula is C21H19NO3S2. The molecule has 138 valence electrons. The molecule has 3 rings (SSSR count). The Kier molecular flexibility index (Phi) is 6.57. The number of nitrogens with one attached hydrogen (secondary N) is 1. The lowest BCUT2D eigenvalue weighted by molar-refractivity contribution is -0.143. The van der Waals surface area contributed by atoms with Crippen LogP contribution in [-0.4, -0.2) is 18.5 Å². The summed E-state index contributed by atoms with van der Waals surface area (Å²) in [5, 5.41) is 6.87. The molecule has 6 heteroatoms. The molecule has 0 saturated carbocycles. The summed E-state index contributed by atoms with van der Waals surface area (Å²) in [4.78, 5) is 26.2. The molecule has 3 aromatic rings. The standard InChI is InChI=1S/C21H19NO3S2/c1-15-11-13-27-17(15)9-10-20(24)25-14-19(23)22-21(18-8-5-12-26-18)16-6-3-2-4-7-16/h2-13,21H,14H2,1H3,(H,22,23)/b10-9+/t21-/m0/s1. The summed E-state index contributed by atoms with van der Waals surface area (Å²) in [6.45, 7) is 1.66. The third-order valence-corrected chi connectivity index (χ3v) is 5.81. The van der Waals surface area contributed by atoms with Gasteiger partial charge in [-0.2, -0.15) is 0 Å². The molecule has 0 unspecified atom stereocenters. The highest BCUT2D eigenvalue weighted by molar-refractivity contribution is 7.11. The minimum atomic E-state index is -0.537. The van der Waals surface area contributed by atoms with Crippen molar-refractivity contribution in [3.8, 4) is 0 Å². The fourth-order valence-corrected chi connectivity index (χ4v) is 4.13. The van der Waals surface area contributed by atoms with Crippen LogP contribution in [0.2, 0.25) is 0 Å². The molecule has 0 bridgehead atoms. The van der Waals surface area contributed by atoms with Gasteiger partial charge in [-0.15, -0.1) is 22.7 Å². The predicted molar refractivity (Wildman–Crippen MR) is 110 cm³/mol. The summed E-state index contributed by atoms with van der Waals surface area (Å²) in [6.07, 6.45) is 3.05. The highest BCUT2D eigenvalue weighted by Crippen LogP contribution is 2.25. The second-order valence-electron chi connectivity index (χ2n) is 5.84. The Balaban J connectivity index is 1.57. The second-order valence-corrected chi connectivity index (χ2v) is 7.76. The Morgan fingerprint density at radius 3 is 2.56 bits per heavy atom. The number of ether oxygens (including phenoxy) is 1. The molecule has 0 aliphatic carbocycles. The third-order valence-electron chi connectivity index (χ3n) is 3.88. The van der Waals surface area contributed by atoms with Gasteiger partial charge in [0.25, 0.3) is 5.91 Å². The molecule has 2 aromatic heterocycles. The van der Waals surface area contributed by atoms with Crippen LogP contribution in [-0.2, 0) is 14.3 Å². The van der Waals surface area contributed by atoms with Crippen molar-refractivity contribution in [3.63, 3.8) is 0 Å². The summed E-state index contributed by atoms with van der Waals surface area (Å²) >= 11 is 3.12. The Bertz CT molecular complexity index is 914. The molecule has 4 nitrogen and oxygen atoms in total. The van der Waals surface area contributed by atoms with Gasteiger partial charge in [-0.25, -0.2) is 4.79 Å². The quantitative estimate of drug-likeness (QED) is 0.469. The lowest BCUT2D eigenvalue weighted by Gasteiger charge is -2.18. The van der Waals surface area contributed by atoms with Crippen molar-refractivity contribution < 1.29 is 14.3 Å². The molecule has 1 aromatic carbocycles. The number of hydrogen-bond donors (Lipinski definition) is 1. The second kappa shape index (κ2) is 9.30. The average Bonchev–Trinajstić information content (AvgIpc) is 3.35. The maximum Gasteiger partial charge on any atom is 0.331 e. The van der Waals surface area contributed by atoms with Crippen LogP contribution < -0.4 is 5.32 Å². The van der Waals surface area contributed by atoms with E-state index in [9.17, 15) is 9.59 Å². The molecule has 0 radical (unpaired) electrons. The van der Waals surface area contributed by atoms with Crippen LogP contribution in [0, 0.1) is 6.92 Å². The minimum Gasteiger partial charge on any atom is -0.452 e. The Morgan fingerprint density at radius 2 is 1.89 bits per heavy atom. The third kappa shape index (κ3) is 5.39. The first-order valence-corrected chi connectivity index (χ1v) is 10.2. The number of amides is 1. The van der Waals surface area contributed by atoms with Crippen molar-refractivity contribution in [3.05, 3.63) is 86.2 Å². The van der Waals surface area contributed by atoms with E-state index in [0.717, 1.165) is 20.9 Å². The number of esters is 1. The largest absolute Gasteiger partial charge is 0.452 e. The van der Waals surface area contributed by atoms with E-state index in [1.54, 1.807) is 28.7 Å². The number of hydrogen-bond acceptors (Lipinski definition) is 5. The zero-order chi connectivity index (χ0) is 19.1. The average molecular weight is 398 g/mol.